The molecule has 0 radical (unpaired) electrons. The number of halogens is 1. The number of nitrogens with one attached hydrogen (secondary N) is 1. The average Bonchev–Trinajstić information content (AvgIpc) is 2.30. The summed E-state index contributed by atoms with van der Waals surface area (Å²) >= 11 is 0. The van der Waals surface area contributed by atoms with Gasteiger partial charge in [-0.15, -0.1) is 0 Å². The fourth-order valence-electron chi connectivity index (χ4n) is 1.55. The summed E-state index contributed by atoms with van der Waals surface area (Å²) < 4.78 is 12.8. The molecule has 17 heavy (non-hydrogen) atoms. The van der Waals surface area contributed by atoms with Crippen LogP contribution in [0.1, 0.15) is 19.4 Å². The largest absolute Gasteiger partial charge is 0.342 e. The molecular formula is C12H18FN3O. The lowest BCUT2D eigenvalue weighted by molar-refractivity contribution is -0.129. The first kappa shape index (κ1) is 13.6. The van der Waals surface area contributed by atoms with Gasteiger partial charge in [0.05, 0.1) is 12.7 Å². The predicted molar refractivity (Wildman–Crippen MR) is 63.8 cm³/mol. The number of hydrogen-bond acceptors (Lipinski definition) is 3. The zero-order chi connectivity index (χ0) is 12.7. The van der Waals surface area contributed by atoms with Gasteiger partial charge in [0.15, 0.2) is 0 Å². The Morgan fingerprint density at radius 3 is 2.71 bits per heavy atom. The maximum atomic E-state index is 12.8. The Hall–Kier alpha value is -1.49. The van der Waals surface area contributed by atoms with Crippen molar-refractivity contribution in [2.45, 2.75) is 20.4 Å². The fraction of sp³-hybridized carbons (Fsp3) is 0.500. The molecule has 0 unspecified atom stereocenters. The first-order valence-electron chi connectivity index (χ1n) is 5.75. The summed E-state index contributed by atoms with van der Waals surface area (Å²) in [4.78, 5) is 17.1. The Morgan fingerprint density at radius 2 is 2.12 bits per heavy atom. The highest BCUT2D eigenvalue weighted by Gasteiger charge is 2.08. The van der Waals surface area contributed by atoms with Gasteiger partial charge in [-0.2, -0.15) is 0 Å². The first-order chi connectivity index (χ1) is 8.17. The molecule has 1 aromatic heterocycles. The number of carbonyl (C=O) groups is 1. The molecule has 4 nitrogen and oxygen atoms in total. The molecule has 0 bridgehead atoms. The highest BCUT2D eigenvalue weighted by atomic mass is 19.1. The SMILES string of the molecule is CCN(CC)C(=O)CNCc1cncc(F)c1. The molecule has 1 aromatic rings. The van der Waals surface area contributed by atoms with Crippen molar-refractivity contribution in [1.82, 2.24) is 15.2 Å². The number of pyridine rings is 1. The molecule has 0 aliphatic heterocycles. The summed E-state index contributed by atoms with van der Waals surface area (Å²) in [6.45, 7) is 6.00. The average molecular weight is 239 g/mol. The van der Waals surface area contributed by atoms with E-state index in [-0.39, 0.29) is 18.3 Å². The zero-order valence-corrected chi connectivity index (χ0v) is 10.2. The van der Waals surface area contributed by atoms with Gasteiger partial charge >= 0.3 is 0 Å². The van der Waals surface area contributed by atoms with Gasteiger partial charge in [-0.25, -0.2) is 4.39 Å². The monoisotopic (exact) mass is 239 g/mol. The fourth-order valence-corrected chi connectivity index (χ4v) is 1.55. The van der Waals surface area contributed by atoms with Gasteiger partial charge in [0, 0.05) is 25.8 Å². The lowest BCUT2D eigenvalue weighted by atomic mass is 10.3. The van der Waals surface area contributed by atoms with Gasteiger partial charge < -0.3 is 10.2 Å². The van der Waals surface area contributed by atoms with E-state index in [2.05, 4.69) is 10.3 Å². The Morgan fingerprint density at radius 1 is 1.41 bits per heavy atom. The number of amides is 1. The van der Waals surface area contributed by atoms with Crippen LogP contribution in [0.25, 0.3) is 0 Å². The van der Waals surface area contributed by atoms with E-state index in [1.807, 2.05) is 13.8 Å². The van der Waals surface area contributed by atoms with Gasteiger partial charge in [0.1, 0.15) is 5.82 Å². The van der Waals surface area contributed by atoms with Crippen molar-refractivity contribution < 1.29 is 9.18 Å². The van der Waals surface area contributed by atoms with Crippen LogP contribution in [0.3, 0.4) is 0 Å². The smallest absolute Gasteiger partial charge is 0.236 e. The summed E-state index contributed by atoms with van der Waals surface area (Å²) in [6.07, 6.45) is 2.74. The van der Waals surface area contributed by atoms with Crippen LogP contribution in [0.15, 0.2) is 18.5 Å². The number of aromatic nitrogens is 1. The van der Waals surface area contributed by atoms with E-state index in [1.54, 1.807) is 11.1 Å². The third-order valence-electron chi connectivity index (χ3n) is 2.48. The van der Waals surface area contributed by atoms with Crippen LogP contribution in [-0.4, -0.2) is 35.4 Å². The molecule has 1 N–H and O–H groups in total. The van der Waals surface area contributed by atoms with E-state index >= 15 is 0 Å². The minimum Gasteiger partial charge on any atom is -0.342 e. The molecule has 0 saturated carbocycles. The summed E-state index contributed by atoms with van der Waals surface area (Å²) in [5.74, 6) is -0.307. The van der Waals surface area contributed by atoms with Crippen molar-refractivity contribution in [3.63, 3.8) is 0 Å². The second-order valence-electron chi connectivity index (χ2n) is 3.68. The Kier molecular flexibility index (Phi) is 5.56. The maximum absolute atomic E-state index is 12.8. The third kappa shape index (κ3) is 4.48. The van der Waals surface area contributed by atoms with Crippen LogP contribution < -0.4 is 5.32 Å². The second-order valence-corrected chi connectivity index (χ2v) is 3.68. The van der Waals surface area contributed by atoms with Crippen LogP contribution in [-0.2, 0) is 11.3 Å². The highest BCUT2D eigenvalue weighted by Crippen LogP contribution is 1.99. The molecule has 0 aliphatic carbocycles. The third-order valence-corrected chi connectivity index (χ3v) is 2.48. The van der Waals surface area contributed by atoms with Crippen molar-refractivity contribution in [3.8, 4) is 0 Å². The molecule has 94 valence electrons. The van der Waals surface area contributed by atoms with E-state index in [1.165, 1.54) is 6.07 Å². The van der Waals surface area contributed by atoms with Crippen LogP contribution >= 0.6 is 0 Å². The standard InChI is InChI=1S/C12H18FN3O/c1-3-16(4-2)12(17)9-15-7-10-5-11(13)8-14-6-10/h5-6,8,15H,3-4,7,9H2,1-2H3. The van der Waals surface area contributed by atoms with Crippen molar-refractivity contribution in [1.29, 1.82) is 0 Å². The lowest BCUT2D eigenvalue weighted by Gasteiger charge is -2.18. The van der Waals surface area contributed by atoms with Gasteiger partial charge in [-0.05, 0) is 25.5 Å². The molecule has 0 fully saturated rings. The van der Waals surface area contributed by atoms with E-state index in [0.29, 0.717) is 19.6 Å². The minimum atomic E-state index is -0.362. The molecule has 1 rings (SSSR count). The maximum Gasteiger partial charge on any atom is 0.236 e. The summed E-state index contributed by atoms with van der Waals surface area (Å²) in [6, 6.07) is 1.40. The van der Waals surface area contributed by atoms with Crippen LogP contribution in [0.5, 0.6) is 0 Å². The number of rotatable bonds is 6. The number of likely N-dealkylation sites (N-methyl/N-ethyl adjacent to an activating group) is 1. The van der Waals surface area contributed by atoms with E-state index < -0.39 is 0 Å². The Labute approximate surface area is 101 Å². The molecular weight excluding hydrogens is 221 g/mol. The lowest BCUT2D eigenvalue weighted by Crippen LogP contribution is -2.37. The van der Waals surface area contributed by atoms with Gasteiger partial charge in [0.2, 0.25) is 5.91 Å². The molecule has 5 heteroatoms. The second kappa shape index (κ2) is 6.96. The molecule has 1 amide bonds. The van der Waals surface area contributed by atoms with E-state index in [4.69, 9.17) is 0 Å². The topological polar surface area (TPSA) is 45.2 Å². The van der Waals surface area contributed by atoms with Crippen molar-refractivity contribution in [2.24, 2.45) is 0 Å². The number of carbonyl (C=O) groups excluding carboxylic acids is 1. The first-order valence-corrected chi connectivity index (χ1v) is 5.75. The zero-order valence-electron chi connectivity index (χ0n) is 10.2. The Bertz CT molecular complexity index is 367. The molecule has 0 atom stereocenters. The number of nitrogens with zero attached hydrogens (tertiary/aromatic N) is 2. The molecule has 0 aliphatic rings. The normalized spacial score (nSPS) is 10.3. The van der Waals surface area contributed by atoms with Crippen LogP contribution in [0, 0.1) is 5.82 Å². The van der Waals surface area contributed by atoms with Crippen LogP contribution in [0.4, 0.5) is 4.39 Å². The summed E-state index contributed by atoms with van der Waals surface area (Å²) in [5.41, 5.74) is 0.734. The van der Waals surface area contributed by atoms with Crippen molar-refractivity contribution >= 4 is 5.91 Å². The molecule has 0 aromatic carbocycles. The minimum absolute atomic E-state index is 0.0550. The van der Waals surface area contributed by atoms with Gasteiger partial charge in [-0.3, -0.25) is 9.78 Å². The summed E-state index contributed by atoms with van der Waals surface area (Å²) in [5, 5.41) is 2.98. The molecule has 0 spiro atoms. The van der Waals surface area contributed by atoms with Crippen molar-refractivity contribution in [2.75, 3.05) is 19.6 Å². The van der Waals surface area contributed by atoms with Crippen LogP contribution in [0.2, 0.25) is 0 Å². The number of hydrogen-bond donors (Lipinski definition) is 1. The van der Waals surface area contributed by atoms with Gasteiger partial charge in [-0.1, -0.05) is 0 Å². The van der Waals surface area contributed by atoms with E-state index in [0.717, 1.165) is 11.8 Å². The molecule has 0 saturated heterocycles. The quantitative estimate of drug-likeness (QED) is 0.810. The van der Waals surface area contributed by atoms with Gasteiger partial charge in [0.25, 0.3) is 0 Å². The van der Waals surface area contributed by atoms with E-state index in [9.17, 15) is 9.18 Å². The Balaban J connectivity index is 2.35. The summed E-state index contributed by atoms with van der Waals surface area (Å²) in [7, 11) is 0. The predicted octanol–water partition coefficient (Wildman–Crippen LogP) is 1.18. The highest BCUT2D eigenvalue weighted by molar-refractivity contribution is 5.78. The molecule has 1 heterocycles. The van der Waals surface area contributed by atoms with Crippen molar-refractivity contribution in [3.05, 3.63) is 29.8 Å².